The highest BCUT2D eigenvalue weighted by atomic mass is 32.2. The topological polar surface area (TPSA) is 37.3 Å². The van der Waals surface area contributed by atoms with Crippen LogP contribution in [0.4, 0.5) is 5.69 Å². The Morgan fingerprint density at radius 3 is 3.35 bits per heavy atom. The number of hydrogen-bond acceptors (Lipinski definition) is 4. The molecule has 1 aromatic heterocycles. The van der Waals surface area contributed by atoms with Gasteiger partial charge in [0.2, 0.25) is 0 Å². The number of fused-ring (bicyclic) bond motifs is 1. The Morgan fingerprint density at radius 2 is 2.53 bits per heavy atom. The summed E-state index contributed by atoms with van der Waals surface area (Å²) in [5.74, 6) is 1.44. The van der Waals surface area contributed by atoms with Gasteiger partial charge in [0.1, 0.15) is 0 Å². The van der Waals surface area contributed by atoms with Crippen LogP contribution >= 0.6 is 11.8 Å². The highest BCUT2D eigenvalue weighted by Crippen LogP contribution is 2.30. The molecule has 3 nitrogen and oxygen atoms in total. The predicted octanol–water partition coefficient (Wildman–Crippen LogP) is 3.41. The average molecular weight is 247 g/mol. The molecule has 1 aliphatic heterocycles. The van der Waals surface area contributed by atoms with Crippen LogP contribution in [0.25, 0.3) is 0 Å². The van der Waals surface area contributed by atoms with Gasteiger partial charge in [0.05, 0.1) is 17.1 Å². The zero-order valence-electron chi connectivity index (χ0n) is 10.0. The van der Waals surface area contributed by atoms with E-state index in [0.29, 0.717) is 5.92 Å². The van der Waals surface area contributed by atoms with Crippen molar-refractivity contribution in [2.45, 2.75) is 25.0 Å². The first kappa shape index (κ1) is 12.2. The molecule has 0 radical (unpaired) electrons. The number of anilines is 1. The normalized spacial score (nSPS) is 18.8. The standard InChI is InChI=1S/C13H17N3S/c1-10-5-6-15-12-4-3-11(16-13(10)12)9-17-8-7-14-2/h3-4,7-8,10,15H,2,5-6,9H2,1H3/b8-7-. The monoisotopic (exact) mass is 247 g/mol. The van der Waals surface area contributed by atoms with Gasteiger partial charge in [-0.1, -0.05) is 6.92 Å². The van der Waals surface area contributed by atoms with Crippen LogP contribution in [0.1, 0.15) is 30.7 Å². The highest BCUT2D eigenvalue weighted by molar-refractivity contribution is 8.01. The van der Waals surface area contributed by atoms with Crippen LogP contribution in [0.3, 0.4) is 0 Å². The van der Waals surface area contributed by atoms with Crippen LogP contribution in [0.5, 0.6) is 0 Å². The second-order valence-corrected chi connectivity index (χ2v) is 5.02. The molecule has 1 atom stereocenters. The fraction of sp³-hybridized carbons (Fsp3) is 0.385. The summed E-state index contributed by atoms with van der Waals surface area (Å²) < 4.78 is 0. The van der Waals surface area contributed by atoms with Gasteiger partial charge in [-0.3, -0.25) is 9.98 Å². The van der Waals surface area contributed by atoms with Crippen molar-refractivity contribution in [1.82, 2.24) is 4.98 Å². The zero-order chi connectivity index (χ0) is 12.1. The van der Waals surface area contributed by atoms with Crippen molar-refractivity contribution in [3.63, 3.8) is 0 Å². The van der Waals surface area contributed by atoms with Crippen molar-refractivity contribution in [2.75, 3.05) is 11.9 Å². The Balaban J connectivity index is 2.07. The molecule has 0 spiro atoms. The van der Waals surface area contributed by atoms with Crippen LogP contribution in [-0.4, -0.2) is 18.2 Å². The van der Waals surface area contributed by atoms with Gasteiger partial charge in [-0.2, -0.15) is 0 Å². The van der Waals surface area contributed by atoms with Gasteiger partial charge < -0.3 is 5.32 Å². The SMILES string of the molecule is C=N/C=C\SCc1ccc2c(n1)C(C)CCN2. The van der Waals surface area contributed by atoms with Crippen molar-refractivity contribution in [3.8, 4) is 0 Å². The first-order valence-electron chi connectivity index (χ1n) is 5.77. The minimum atomic E-state index is 0.557. The molecule has 0 aromatic carbocycles. The van der Waals surface area contributed by atoms with Crippen LogP contribution < -0.4 is 5.32 Å². The molecule has 1 aromatic rings. The van der Waals surface area contributed by atoms with E-state index in [4.69, 9.17) is 4.98 Å². The van der Waals surface area contributed by atoms with Gasteiger partial charge in [-0.15, -0.1) is 11.8 Å². The maximum absolute atomic E-state index is 4.73. The van der Waals surface area contributed by atoms with Crippen molar-refractivity contribution in [3.05, 3.63) is 35.1 Å². The number of nitrogens with zero attached hydrogens (tertiary/aromatic N) is 2. The third kappa shape index (κ3) is 3.09. The molecule has 0 saturated carbocycles. The Bertz CT molecular complexity index is 429. The Hall–Kier alpha value is -1.29. The van der Waals surface area contributed by atoms with Crippen molar-refractivity contribution >= 4 is 24.2 Å². The zero-order valence-corrected chi connectivity index (χ0v) is 10.8. The van der Waals surface area contributed by atoms with Gasteiger partial charge in [0.15, 0.2) is 0 Å². The number of aliphatic imine (C=N–C) groups is 1. The second kappa shape index (κ2) is 5.87. The van der Waals surface area contributed by atoms with E-state index in [0.717, 1.165) is 24.4 Å². The molecular formula is C13H17N3S. The largest absolute Gasteiger partial charge is 0.384 e. The minimum absolute atomic E-state index is 0.557. The molecule has 2 heterocycles. The van der Waals surface area contributed by atoms with Crippen LogP contribution in [0.15, 0.2) is 28.7 Å². The summed E-state index contributed by atoms with van der Waals surface area (Å²) in [4.78, 5) is 8.40. The highest BCUT2D eigenvalue weighted by Gasteiger charge is 2.17. The lowest BCUT2D eigenvalue weighted by Crippen LogP contribution is -2.16. The van der Waals surface area contributed by atoms with Crippen molar-refractivity contribution in [1.29, 1.82) is 0 Å². The quantitative estimate of drug-likeness (QED) is 0.828. The molecule has 1 N–H and O–H groups in total. The fourth-order valence-electron chi connectivity index (χ4n) is 1.90. The smallest absolute Gasteiger partial charge is 0.0667 e. The number of hydrogen-bond donors (Lipinski definition) is 1. The summed E-state index contributed by atoms with van der Waals surface area (Å²) in [6.07, 6.45) is 2.87. The lowest BCUT2D eigenvalue weighted by atomic mass is 9.98. The number of aromatic nitrogens is 1. The van der Waals surface area contributed by atoms with Crippen LogP contribution in [0.2, 0.25) is 0 Å². The molecule has 90 valence electrons. The van der Waals surface area contributed by atoms with Gasteiger partial charge in [-0.05, 0) is 30.7 Å². The lowest BCUT2D eigenvalue weighted by molar-refractivity contribution is 0.659. The molecule has 0 fully saturated rings. The van der Waals surface area contributed by atoms with Gasteiger partial charge in [0, 0.05) is 24.4 Å². The molecule has 17 heavy (non-hydrogen) atoms. The Labute approximate surface area is 106 Å². The number of nitrogens with one attached hydrogen (secondary N) is 1. The van der Waals surface area contributed by atoms with E-state index in [1.165, 1.54) is 11.4 Å². The molecule has 0 saturated heterocycles. The Morgan fingerprint density at radius 1 is 1.65 bits per heavy atom. The van der Waals surface area contributed by atoms with E-state index in [9.17, 15) is 0 Å². The number of thioether (sulfide) groups is 1. The maximum atomic E-state index is 4.73. The summed E-state index contributed by atoms with van der Waals surface area (Å²) in [6, 6.07) is 4.23. The third-order valence-corrected chi connectivity index (χ3v) is 3.61. The molecular weight excluding hydrogens is 230 g/mol. The van der Waals surface area contributed by atoms with Crippen molar-refractivity contribution < 1.29 is 0 Å². The van der Waals surface area contributed by atoms with Gasteiger partial charge >= 0.3 is 0 Å². The summed E-state index contributed by atoms with van der Waals surface area (Å²) in [5, 5.41) is 5.33. The van der Waals surface area contributed by atoms with Crippen molar-refractivity contribution in [2.24, 2.45) is 4.99 Å². The fourth-order valence-corrected chi connectivity index (χ4v) is 2.50. The van der Waals surface area contributed by atoms with E-state index in [2.05, 4.69) is 36.1 Å². The van der Waals surface area contributed by atoms with Gasteiger partial charge in [0.25, 0.3) is 0 Å². The van der Waals surface area contributed by atoms with Crippen LogP contribution in [-0.2, 0) is 5.75 Å². The second-order valence-electron chi connectivity index (χ2n) is 4.13. The first-order chi connectivity index (χ1) is 8.31. The van der Waals surface area contributed by atoms with E-state index < -0.39 is 0 Å². The average Bonchev–Trinajstić information content (AvgIpc) is 2.36. The molecule has 0 bridgehead atoms. The summed E-state index contributed by atoms with van der Waals surface area (Å²) in [6.45, 7) is 6.69. The third-order valence-electron chi connectivity index (χ3n) is 2.84. The summed E-state index contributed by atoms with van der Waals surface area (Å²) >= 11 is 1.69. The lowest BCUT2D eigenvalue weighted by Gasteiger charge is -2.23. The number of rotatable bonds is 4. The molecule has 0 aliphatic carbocycles. The van der Waals surface area contributed by atoms with Crippen LogP contribution in [0, 0.1) is 0 Å². The maximum Gasteiger partial charge on any atom is 0.0667 e. The minimum Gasteiger partial charge on any atom is -0.384 e. The Kier molecular flexibility index (Phi) is 4.20. The molecule has 2 rings (SSSR count). The molecule has 1 aliphatic rings. The summed E-state index contributed by atoms with van der Waals surface area (Å²) in [5.41, 5.74) is 3.53. The molecule has 0 amide bonds. The predicted molar refractivity (Wildman–Crippen MR) is 75.7 cm³/mol. The van der Waals surface area contributed by atoms with E-state index in [1.807, 2.05) is 5.41 Å². The first-order valence-corrected chi connectivity index (χ1v) is 6.82. The summed E-state index contributed by atoms with van der Waals surface area (Å²) in [7, 11) is 0. The molecule has 1 unspecified atom stereocenters. The number of pyridine rings is 1. The molecule has 4 heteroatoms. The van der Waals surface area contributed by atoms with E-state index in [1.54, 1.807) is 18.0 Å². The van der Waals surface area contributed by atoms with Gasteiger partial charge in [-0.25, -0.2) is 0 Å². The van der Waals surface area contributed by atoms with E-state index in [-0.39, 0.29) is 0 Å². The van der Waals surface area contributed by atoms with E-state index >= 15 is 0 Å².